The normalized spacial score (nSPS) is 25.3. The molecular weight excluding hydrogens is 245 g/mol. The summed E-state index contributed by atoms with van der Waals surface area (Å²) in [5.41, 5.74) is 1.95. The number of benzene rings is 1. The predicted octanol–water partition coefficient (Wildman–Crippen LogP) is 4.07. The molecule has 1 heterocycles. The molecule has 1 aliphatic rings. The molecule has 0 spiro atoms. The molecule has 0 bridgehead atoms. The van der Waals surface area contributed by atoms with E-state index in [0.717, 1.165) is 12.1 Å². The number of nitrogens with one attached hydrogen (secondary N) is 1. The number of hydrogen-bond donors (Lipinski definition) is 1. The lowest BCUT2D eigenvalue weighted by Gasteiger charge is -2.34. The van der Waals surface area contributed by atoms with Crippen LogP contribution in [0.3, 0.4) is 0 Å². The van der Waals surface area contributed by atoms with Crippen LogP contribution in [0, 0.1) is 12.7 Å². The average molecular weight is 267 g/mol. The fourth-order valence-electron chi connectivity index (χ4n) is 2.77. The highest BCUT2D eigenvalue weighted by Gasteiger charge is 2.38. The van der Waals surface area contributed by atoms with Crippen LogP contribution in [0.25, 0.3) is 0 Å². The van der Waals surface area contributed by atoms with Crippen LogP contribution in [0.5, 0.6) is 0 Å². The first-order valence-electron chi connectivity index (χ1n) is 6.70. The van der Waals surface area contributed by atoms with Crippen LogP contribution in [0.2, 0.25) is 0 Å². The van der Waals surface area contributed by atoms with Crippen molar-refractivity contribution in [3.05, 3.63) is 35.1 Å². The third-order valence-corrected chi connectivity index (χ3v) is 5.38. The van der Waals surface area contributed by atoms with Gasteiger partial charge in [-0.05, 0) is 56.2 Å². The summed E-state index contributed by atoms with van der Waals surface area (Å²) in [6.07, 6.45) is 2.51. The van der Waals surface area contributed by atoms with Crippen molar-refractivity contribution in [2.75, 3.05) is 12.3 Å². The van der Waals surface area contributed by atoms with Crippen molar-refractivity contribution >= 4 is 11.8 Å². The molecule has 2 unspecified atom stereocenters. The summed E-state index contributed by atoms with van der Waals surface area (Å²) in [4.78, 5) is 0. The standard InChI is InChI=1S/C15H22FNS/c1-4-17-14(15(3)8-5-9-18-15)12-6-7-13(16)11(2)10-12/h6-7,10,14,17H,4-5,8-9H2,1-3H3. The van der Waals surface area contributed by atoms with E-state index < -0.39 is 0 Å². The van der Waals surface area contributed by atoms with Crippen LogP contribution in [0.15, 0.2) is 18.2 Å². The topological polar surface area (TPSA) is 12.0 Å². The number of halogens is 1. The summed E-state index contributed by atoms with van der Waals surface area (Å²) in [5, 5.41) is 3.58. The van der Waals surface area contributed by atoms with Gasteiger partial charge in [0.25, 0.3) is 0 Å². The highest BCUT2D eigenvalue weighted by molar-refractivity contribution is 8.00. The van der Waals surface area contributed by atoms with Gasteiger partial charge < -0.3 is 5.32 Å². The minimum absolute atomic E-state index is 0.113. The minimum Gasteiger partial charge on any atom is -0.309 e. The first kappa shape index (κ1) is 13.9. The van der Waals surface area contributed by atoms with E-state index in [1.165, 1.54) is 24.2 Å². The van der Waals surface area contributed by atoms with E-state index in [0.29, 0.717) is 6.04 Å². The predicted molar refractivity (Wildman–Crippen MR) is 77.7 cm³/mol. The van der Waals surface area contributed by atoms with E-state index in [9.17, 15) is 4.39 Å². The molecule has 0 aromatic heterocycles. The number of hydrogen-bond acceptors (Lipinski definition) is 2. The summed E-state index contributed by atoms with van der Waals surface area (Å²) in [6, 6.07) is 5.83. The fourth-order valence-corrected chi connectivity index (χ4v) is 4.20. The lowest BCUT2D eigenvalue weighted by molar-refractivity contribution is 0.420. The zero-order valence-electron chi connectivity index (χ0n) is 11.4. The zero-order chi connectivity index (χ0) is 13.2. The smallest absolute Gasteiger partial charge is 0.126 e. The quantitative estimate of drug-likeness (QED) is 0.882. The number of aryl methyl sites for hydroxylation is 1. The largest absolute Gasteiger partial charge is 0.309 e. The Kier molecular flexibility index (Phi) is 4.33. The molecule has 1 aliphatic heterocycles. The van der Waals surface area contributed by atoms with Crippen LogP contribution in [0.1, 0.15) is 43.9 Å². The lowest BCUT2D eigenvalue weighted by atomic mass is 9.89. The van der Waals surface area contributed by atoms with Gasteiger partial charge in [-0.2, -0.15) is 11.8 Å². The second-order valence-corrected chi connectivity index (χ2v) is 6.89. The summed E-state index contributed by atoms with van der Waals surface area (Å²) >= 11 is 2.04. The van der Waals surface area contributed by atoms with E-state index in [1.807, 2.05) is 30.8 Å². The van der Waals surface area contributed by atoms with E-state index in [4.69, 9.17) is 0 Å². The van der Waals surface area contributed by atoms with Crippen molar-refractivity contribution in [3.8, 4) is 0 Å². The summed E-state index contributed by atoms with van der Waals surface area (Å²) < 4.78 is 13.6. The fraction of sp³-hybridized carbons (Fsp3) is 0.600. The maximum atomic E-state index is 13.4. The third-order valence-electron chi connectivity index (χ3n) is 3.78. The van der Waals surface area contributed by atoms with E-state index in [1.54, 1.807) is 6.07 Å². The zero-order valence-corrected chi connectivity index (χ0v) is 12.2. The SMILES string of the molecule is CCNC(c1ccc(F)c(C)c1)C1(C)CCCS1. The highest BCUT2D eigenvalue weighted by atomic mass is 32.2. The van der Waals surface area contributed by atoms with Gasteiger partial charge in [-0.3, -0.25) is 0 Å². The molecule has 1 saturated heterocycles. The molecule has 0 saturated carbocycles. The highest BCUT2D eigenvalue weighted by Crippen LogP contribution is 2.46. The van der Waals surface area contributed by atoms with Gasteiger partial charge in [0.15, 0.2) is 0 Å². The Labute approximate surface area is 114 Å². The molecule has 18 heavy (non-hydrogen) atoms. The molecule has 1 aromatic rings. The first-order chi connectivity index (χ1) is 8.57. The van der Waals surface area contributed by atoms with Crippen LogP contribution < -0.4 is 5.32 Å². The monoisotopic (exact) mass is 267 g/mol. The molecular formula is C15H22FNS. The molecule has 1 fully saturated rings. The third kappa shape index (κ3) is 2.72. The average Bonchev–Trinajstić information content (AvgIpc) is 2.78. The van der Waals surface area contributed by atoms with Crippen LogP contribution in [-0.2, 0) is 0 Å². The Morgan fingerprint density at radius 2 is 2.28 bits per heavy atom. The minimum atomic E-state index is -0.113. The molecule has 0 radical (unpaired) electrons. The maximum Gasteiger partial charge on any atom is 0.126 e. The molecule has 0 amide bonds. The molecule has 3 heteroatoms. The first-order valence-corrected chi connectivity index (χ1v) is 7.69. The number of thioether (sulfide) groups is 1. The van der Waals surface area contributed by atoms with Crippen LogP contribution in [-0.4, -0.2) is 17.0 Å². The Balaban J connectivity index is 2.31. The summed E-state index contributed by atoms with van der Waals surface area (Å²) in [6.45, 7) is 7.24. The van der Waals surface area contributed by atoms with E-state index in [-0.39, 0.29) is 10.6 Å². The van der Waals surface area contributed by atoms with Crippen molar-refractivity contribution in [2.45, 2.75) is 44.4 Å². The van der Waals surface area contributed by atoms with Gasteiger partial charge in [0.1, 0.15) is 5.82 Å². The second kappa shape index (κ2) is 5.62. The lowest BCUT2D eigenvalue weighted by Crippen LogP contribution is -2.37. The van der Waals surface area contributed by atoms with Crippen LogP contribution in [0.4, 0.5) is 4.39 Å². The van der Waals surface area contributed by atoms with Crippen molar-refractivity contribution in [1.82, 2.24) is 5.32 Å². The van der Waals surface area contributed by atoms with Gasteiger partial charge in [0.2, 0.25) is 0 Å². The second-order valence-electron chi connectivity index (χ2n) is 5.26. The van der Waals surface area contributed by atoms with Gasteiger partial charge >= 0.3 is 0 Å². The molecule has 100 valence electrons. The summed E-state index contributed by atoms with van der Waals surface area (Å²) in [5.74, 6) is 1.12. The van der Waals surface area contributed by atoms with Crippen LogP contribution >= 0.6 is 11.8 Å². The van der Waals surface area contributed by atoms with Gasteiger partial charge in [0, 0.05) is 10.8 Å². The molecule has 0 aliphatic carbocycles. The molecule has 2 atom stereocenters. The Morgan fingerprint density at radius 1 is 1.50 bits per heavy atom. The Hall–Kier alpha value is -0.540. The summed E-state index contributed by atoms with van der Waals surface area (Å²) in [7, 11) is 0. The van der Waals surface area contributed by atoms with Gasteiger partial charge in [-0.1, -0.05) is 19.1 Å². The van der Waals surface area contributed by atoms with Gasteiger partial charge in [-0.15, -0.1) is 0 Å². The van der Waals surface area contributed by atoms with E-state index >= 15 is 0 Å². The molecule has 1 N–H and O–H groups in total. The molecule has 2 rings (SSSR count). The Bertz CT molecular complexity index is 413. The van der Waals surface area contributed by atoms with Gasteiger partial charge in [0.05, 0.1) is 0 Å². The van der Waals surface area contributed by atoms with Crippen molar-refractivity contribution < 1.29 is 4.39 Å². The van der Waals surface area contributed by atoms with Gasteiger partial charge in [-0.25, -0.2) is 4.39 Å². The van der Waals surface area contributed by atoms with Crippen molar-refractivity contribution in [1.29, 1.82) is 0 Å². The van der Waals surface area contributed by atoms with Crippen molar-refractivity contribution in [2.24, 2.45) is 0 Å². The molecule has 1 nitrogen and oxygen atoms in total. The number of rotatable bonds is 4. The maximum absolute atomic E-state index is 13.4. The molecule has 1 aromatic carbocycles. The Morgan fingerprint density at radius 3 is 2.83 bits per heavy atom. The van der Waals surface area contributed by atoms with Crippen molar-refractivity contribution in [3.63, 3.8) is 0 Å². The van der Waals surface area contributed by atoms with E-state index in [2.05, 4.69) is 19.2 Å².